The Morgan fingerprint density at radius 1 is 1.26 bits per heavy atom. The Morgan fingerprint density at radius 3 is 2.57 bits per heavy atom. The van der Waals surface area contributed by atoms with Gasteiger partial charge in [-0.15, -0.1) is 0 Å². The average molecular weight is 316 g/mol. The van der Waals surface area contributed by atoms with Gasteiger partial charge in [0, 0.05) is 18.5 Å². The predicted octanol–water partition coefficient (Wildman–Crippen LogP) is 0.207. The highest BCUT2D eigenvalue weighted by atomic mass is 16.5. The van der Waals surface area contributed by atoms with E-state index in [2.05, 4.69) is 4.90 Å². The molecule has 1 saturated heterocycles. The fourth-order valence-electron chi connectivity index (χ4n) is 3.16. The van der Waals surface area contributed by atoms with Gasteiger partial charge < -0.3 is 16.3 Å². The highest BCUT2D eigenvalue weighted by Crippen LogP contribution is 2.25. The Labute approximate surface area is 133 Å². The number of fused-ring (bicyclic) bond motifs is 1. The van der Waals surface area contributed by atoms with Gasteiger partial charge >= 0.3 is 0 Å². The SMILES string of the molecule is CC(c1c(C(N)=O)c(=O)c2ccccc2n1N)N1CCOCC1. The fourth-order valence-corrected chi connectivity index (χ4v) is 3.16. The number of nitrogens with zero attached hydrogens (tertiary/aromatic N) is 2. The Kier molecular flexibility index (Phi) is 4.06. The van der Waals surface area contributed by atoms with Crippen LogP contribution in [0.3, 0.4) is 0 Å². The first-order valence-electron chi connectivity index (χ1n) is 7.56. The molecule has 122 valence electrons. The molecule has 1 amide bonds. The second kappa shape index (κ2) is 6.02. The van der Waals surface area contributed by atoms with Crippen LogP contribution in [0.15, 0.2) is 29.1 Å². The lowest BCUT2D eigenvalue weighted by Gasteiger charge is -2.34. The normalized spacial score (nSPS) is 17.3. The smallest absolute Gasteiger partial charge is 0.254 e. The number of ether oxygens (including phenoxy) is 1. The number of primary amides is 1. The highest BCUT2D eigenvalue weighted by molar-refractivity contribution is 5.98. The molecule has 0 spiro atoms. The summed E-state index contributed by atoms with van der Waals surface area (Å²) in [5.41, 5.74) is 6.11. The summed E-state index contributed by atoms with van der Waals surface area (Å²) in [5.74, 6) is 5.49. The minimum Gasteiger partial charge on any atom is -0.379 e. The first-order valence-corrected chi connectivity index (χ1v) is 7.56. The molecule has 2 heterocycles. The summed E-state index contributed by atoms with van der Waals surface area (Å²) in [6.45, 7) is 4.56. The maximum absolute atomic E-state index is 12.7. The van der Waals surface area contributed by atoms with Crippen molar-refractivity contribution in [3.05, 3.63) is 45.7 Å². The molecule has 23 heavy (non-hydrogen) atoms. The molecule has 1 aromatic carbocycles. The summed E-state index contributed by atoms with van der Waals surface area (Å²) >= 11 is 0. The molecule has 0 saturated carbocycles. The third kappa shape index (κ3) is 2.58. The van der Waals surface area contributed by atoms with E-state index in [4.69, 9.17) is 16.3 Å². The lowest BCUT2D eigenvalue weighted by Crippen LogP contribution is -2.42. The largest absolute Gasteiger partial charge is 0.379 e. The minimum absolute atomic E-state index is 0.0369. The van der Waals surface area contributed by atoms with E-state index in [0.29, 0.717) is 42.9 Å². The van der Waals surface area contributed by atoms with Crippen LogP contribution in [0.25, 0.3) is 10.9 Å². The van der Waals surface area contributed by atoms with Crippen LogP contribution in [0, 0.1) is 0 Å². The van der Waals surface area contributed by atoms with Gasteiger partial charge in [0.2, 0.25) is 5.43 Å². The fraction of sp³-hybridized carbons (Fsp3) is 0.375. The van der Waals surface area contributed by atoms with Crippen LogP contribution in [0.2, 0.25) is 0 Å². The summed E-state index contributed by atoms with van der Waals surface area (Å²) in [5, 5.41) is 0.390. The van der Waals surface area contributed by atoms with Gasteiger partial charge in [-0.1, -0.05) is 12.1 Å². The van der Waals surface area contributed by atoms with Crippen molar-refractivity contribution < 1.29 is 9.53 Å². The molecule has 7 heteroatoms. The molecular weight excluding hydrogens is 296 g/mol. The molecule has 2 aromatic rings. The molecule has 1 aromatic heterocycles. The van der Waals surface area contributed by atoms with Crippen molar-refractivity contribution >= 4 is 16.8 Å². The number of rotatable bonds is 3. The van der Waals surface area contributed by atoms with Crippen LogP contribution in [0.1, 0.15) is 29.0 Å². The van der Waals surface area contributed by atoms with Crippen molar-refractivity contribution in [2.24, 2.45) is 5.73 Å². The van der Waals surface area contributed by atoms with E-state index in [1.165, 1.54) is 4.68 Å². The average Bonchev–Trinajstić information content (AvgIpc) is 2.57. The predicted molar refractivity (Wildman–Crippen MR) is 87.7 cm³/mol. The number of carbonyl (C=O) groups excluding carboxylic acids is 1. The summed E-state index contributed by atoms with van der Waals surface area (Å²) in [6, 6.07) is 6.73. The standard InChI is InChI=1S/C16H20N4O3/c1-10(19-6-8-23-9-7-19)14-13(16(17)22)15(21)11-4-2-3-5-12(11)20(14)18/h2-5,10H,6-9,18H2,1H3,(H2,17,22). The molecule has 3 rings (SSSR count). The van der Waals surface area contributed by atoms with Crippen LogP contribution in [0.5, 0.6) is 0 Å². The first-order chi connectivity index (χ1) is 11.0. The Bertz CT molecular complexity index is 809. The van der Waals surface area contributed by atoms with E-state index in [1.54, 1.807) is 24.3 Å². The number of para-hydroxylation sites is 1. The molecule has 7 nitrogen and oxygen atoms in total. The van der Waals surface area contributed by atoms with Crippen LogP contribution < -0.4 is 17.0 Å². The Hall–Kier alpha value is -2.38. The zero-order valence-electron chi connectivity index (χ0n) is 13.0. The minimum atomic E-state index is -0.755. The lowest BCUT2D eigenvalue weighted by molar-refractivity contribution is 0.0184. The van der Waals surface area contributed by atoms with E-state index < -0.39 is 5.91 Å². The lowest BCUT2D eigenvalue weighted by atomic mass is 10.0. The van der Waals surface area contributed by atoms with E-state index in [1.807, 2.05) is 6.92 Å². The van der Waals surface area contributed by atoms with Gasteiger partial charge in [-0.05, 0) is 19.1 Å². The van der Waals surface area contributed by atoms with Gasteiger partial charge in [0.1, 0.15) is 5.56 Å². The molecule has 0 bridgehead atoms. The number of carbonyl (C=O) groups is 1. The first kappa shape index (κ1) is 15.5. The quantitative estimate of drug-likeness (QED) is 0.788. The van der Waals surface area contributed by atoms with Crippen molar-refractivity contribution in [2.45, 2.75) is 13.0 Å². The molecule has 0 aliphatic carbocycles. The number of amides is 1. The maximum Gasteiger partial charge on any atom is 0.254 e. The summed E-state index contributed by atoms with van der Waals surface area (Å²) in [4.78, 5) is 26.8. The topological polar surface area (TPSA) is 104 Å². The van der Waals surface area contributed by atoms with E-state index >= 15 is 0 Å². The third-order valence-corrected chi connectivity index (χ3v) is 4.39. The number of hydrogen-bond donors (Lipinski definition) is 2. The van der Waals surface area contributed by atoms with Crippen LogP contribution in [0.4, 0.5) is 0 Å². The number of morpholine rings is 1. The molecule has 1 fully saturated rings. The number of nitrogen functional groups attached to an aromatic ring is 1. The van der Waals surface area contributed by atoms with E-state index in [-0.39, 0.29) is 17.0 Å². The summed E-state index contributed by atoms with van der Waals surface area (Å²) < 4.78 is 6.77. The van der Waals surface area contributed by atoms with Gasteiger partial charge in [0.15, 0.2) is 0 Å². The van der Waals surface area contributed by atoms with E-state index in [0.717, 1.165) is 0 Å². The van der Waals surface area contributed by atoms with Gasteiger partial charge in [0.05, 0.1) is 30.5 Å². The van der Waals surface area contributed by atoms with Crippen LogP contribution in [-0.2, 0) is 4.74 Å². The Balaban J connectivity index is 2.25. The van der Waals surface area contributed by atoms with Crippen molar-refractivity contribution in [1.29, 1.82) is 0 Å². The molecule has 0 radical (unpaired) electrons. The number of nitrogens with two attached hydrogens (primary N) is 2. The van der Waals surface area contributed by atoms with E-state index in [9.17, 15) is 9.59 Å². The van der Waals surface area contributed by atoms with Crippen LogP contribution >= 0.6 is 0 Å². The third-order valence-electron chi connectivity index (χ3n) is 4.39. The van der Waals surface area contributed by atoms with Gasteiger partial charge in [0.25, 0.3) is 5.91 Å². The van der Waals surface area contributed by atoms with Crippen molar-refractivity contribution in [3.63, 3.8) is 0 Å². The molecular formula is C16H20N4O3. The Morgan fingerprint density at radius 2 is 1.91 bits per heavy atom. The van der Waals surface area contributed by atoms with Crippen molar-refractivity contribution in [2.75, 3.05) is 32.1 Å². The number of benzene rings is 1. The molecule has 4 N–H and O–H groups in total. The van der Waals surface area contributed by atoms with Crippen molar-refractivity contribution in [3.8, 4) is 0 Å². The summed E-state index contributed by atoms with van der Waals surface area (Å²) in [6.07, 6.45) is 0. The van der Waals surface area contributed by atoms with Crippen LogP contribution in [-0.4, -0.2) is 41.8 Å². The van der Waals surface area contributed by atoms with Gasteiger partial charge in [-0.25, -0.2) is 0 Å². The number of pyridine rings is 1. The second-order valence-electron chi connectivity index (χ2n) is 5.67. The zero-order valence-corrected chi connectivity index (χ0v) is 13.0. The molecule has 1 aliphatic rings. The van der Waals surface area contributed by atoms with Gasteiger partial charge in [-0.2, -0.15) is 0 Å². The maximum atomic E-state index is 12.7. The van der Waals surface area contributed by atoms with Crippen molar-refractivity contribution in [1.82, 2.24) is 9.58 Å². The molecule has 1 unspecified atom stereocenters. The second-order valence-corrected chi connectivity index (χ2v) is 5.67. The summed E-state index contributed by atoms with van der Waals surface area (Å²) in [7, 11) is 0. The monoisotopic (exact) mass is 316 g/mol. The molecule has 1 aliphatic heterocycles. The highest BCUT2D eigenvalue weighted by Gasteiger charge is 2.28. The number of hydrogen-bond acceptors (Lipinski definition) is 5. The molecule has 1 atom stereocenters. The van der Waals surface area contributed by atoms with Gasteiger partial charge in [-0.3, -0.25) is 19.2 Å². The number of aromatic nitrogens is 1. The zero-order chi connectivity index (χ0) is 16.6.